The van der Waals surface area contributed by atoms with Crippen LogP contribution in [0.1, 0.15) is 34.6 Å². The molecule has 1 fully saturated rings. The van der Waals surface area contributed by atoms with Crippen molar-refractivity contribution in [3.05, 3.63) is 59.4 Å². The molecule has 3 aromatic rings. The average molecular weight is 394 g/mol. The molecule has 0 saturated carbocycles. The van der Waals surface area contributed by atoms with Gasteiger partial charge in [0.05, 0.1) is 31.4 Å². The molecular weight excluding hydrogens is 368 g/mol. The topological polar surface area (TPSA) is 63.4 Å². The lowest BCUT2D eigenvalue weighted by Crippen LogP contribution is -2.39. The molecule has 6 heteroatoms. The van der Waals surface area contributed by atoms with Gasteiger partial charge in [-0.3, -0.25) is 4.90 Å². The van der Waals surface area contributed by atoms with E-state index >= 15 is 0 Å². The van der Waals surface area contributed by atoms with Gasteiger partial charge in [0.15, 0.2) is 0 Å². The molecule has 0 radical (unpaired) electrons. The zero-order chi connectivity index (χ0) is 20.5. The lowest BCUT2D eigenvalue weighted by molar-refractivity contribution is 0.0187. The number of nitrogens with zero attached hydrogens (tertiary/aromatic N) is 2. The van der Waals surface area contributed by atoms with Gasteiger partial charge in [-0.25, -0.2) is 4.79 Å². The minimum Gasteiger partial charge on any atom is -0.497 e. The summed E-state index contributed by atoms with van der Waals surface area (Å²) in [6.45, 7) is 7.13. The number of aromatic nitrogens is 1. The lowest BCUT2D eigenvalue weighted by atomic mass is 9.99. The van der Waals surface area contributed by atoms with E-state index in [2.05, 4.69) is 22.3 Å². The van der Waals surface area contributed by atoms with Crippen molar-refractivity contribution in [1.82, 2.24) is 9.30 Å². The second kappa shape index (κ2) is 7.89. The number of ether oxygens (including phenoxy) is 2. The third kappa shape index (κ3) is 3.50. The molecule has 4 rings (SSSR count). The first kappa shape index (κ1) is 19.5. The van der Waals surface area contributed by atoms with Gasteiger partial charge in [0.2, 0.25) is 0 Å². The first-order valence-electron chi connectivity index (χ1n) is 9.85. The molecule has 29 heavy (non-hydrogen) atoms. The van der Waals surface area contributed by atoms with Crippen molar-refractivity contribution in [3.8, 4) is 16.9 Å². The molecule has 1 atom stereocenters. The molecule has 152 valence electrons. The quantitative estimate of drug-likeness (QED) is 0.708. The van der Waals surface area contributed by atoms with Gasteiger partial charge >= 0.3 is 5.97 Å². The molecule has 3 heterocycles. The van der Waals surface area contributed by atoms with Crippen LogP contribution in [-0.2, 0) is 4.74 Å². The van der Waals surface area contributed by atoms with Gasteiger partial charge in [-0.05, 0) is 49.2 Å². The van der Waals surface area contributed by atoms with Crippen LogP contribution in [0.2, 0.25) is 0 Å². The summed E-state index contributed by atoms with van der Waals surface area (Å²) in [6.07, 6.45) is 2.04. The van der Waals surface area contributed by atoms with Gasteiger partial charge in [0.25, 0.3) is 0 Å². The molecule has 0 bridgehead atoms. The van der Waals surface area contributed by atoms with Gasteiger partial charge in [-0.2, -0.15) is 0 Å². The SMILES string of the molecule is COc1ccc(-c2ccn3c(C(C)N4CCOCC4)c(C)c(C(=O)O)cc23)cc1. The van der Waals surface area contributed by atoms with Crippen LogP contribution in [-0.4, -0.2) is 53.8 Å². The maximum atomic E-state index is 12.0. The van der Waals surface area contributed by atoms with Crippen LogP contribution in [0, 0.1) is 6.92 Å². The molecule has 1 N–H and O–H groups in total. The number of carboxylic acid groups (broad SMARTS) is 1. The molecule has 1 unspecified atom stereocenters. The highest BCUT2D eigenvalue weighted by molar-refractivity contribution is 5.94. The Morgan fingerprint density at radius 3 is 2.48 bits per heavy atom. The van der Waals surface area contributed by atoms with Crippen molar-refractivity contribution < 1.29 is 19.4 Å². The Kier molecular flexibility index (Phi) is 5.30. The minimum atomic E-state index is -0.901. The molecule has 0 spiro atoms. The van der Waals surface area contributed by atoms with Crippen molar-refractivity contribution >= 4 is 11.5 Å². The van der Waals surface area contributed by atoms with Crippen LogP contribution < -0.4 is 4.74 Å². The summed E-state index contributed by atoms with van der Waals surface area (Å²) in [4.78, 5) is 14.4. The summed E-state index contributed by atoms with van der Waals surface area (Å²) >= 11 is 0. The van der Waals surface area contributed by atoms with Crippen molar-refractivity contribution in [3.63, 3.8) is 0 Å². The number of aromatic carboxylic acids is 1. The second-order valence-corrected chi connectivity index (χ2v) is 7.41. The third-order valence-electron chi connectivity index (χ3n) is 5.88. The summed E-state index contributed by atoms with van der Waals surface area (Å²) in [6, 6.07) is 11.8. The highest BCUT2D eigenvalue weighted by Gasteiger charge is 2.25. The molecule has 1 saturated heterocycles. The maximum absolute atomic E-state index is 12.0. The van der Waals surface area contributed by atoms with Crippen LogP contribution >= 0.6 is 0 Å². The number of carboxylic acids is 1. The smallest absolute Gasteiger partial charge is 0.336 e. The summed E-state index contributed by atoms with van der Waals surface area (Å²) in [5.74, 6) is -0.108. The number of pyridine rings is 1. The van der Waals surface area contributed by atoms with Crippen molar-refractivity contribution in [2.75, 3.05) is 33.4 Å². The molecule has 2 aromatic heterocycles. The Hall–Kier alpha value is -2.83. The Bertz CT molecular complexity index is 1030. The van der Waals surface area contributed by atoms with E-state index in [4.69, 9.17) is 9.47 Å². The van der Waals surface area contributed by atoms with E-state index in [1.165, 1.54) is 0 Å². The van der Waals surface area contributed by atoms with Gasteiger partial charge in [-0.1, -0.05) is 12.1 Å². The predicted octanol–water partition coefficient (Wildman–Crippen LogP) is 4.01. The van der Waals surface area contributed by atoms with E-state index in [-0.39, 0.29) is 6.04 Å². The molecular formula is C23H26N2O4. The number of morpholine rings is 1. The molecule has 6 nitrogen and oxygen atoms in total. The predicted molar refractivity (Wildman–Crippen MR) is 112 cm³/mol. The largest absolute Gasteiger partial charge is 0.497 e. The summed E-state index contributed by atoms with van der Waals surface area (Å²) in [5.41, 5.74) is 5.10. The first-order chi connectivity index (χ1) is 14.0. The zero-order valence-corrected chi connectivity index (χ0v) is 17.0. The Morgan fingerprint density at radius 2 is 1.86 bits per heavy atom. The maximum Gasteiger partial charge on any atom is 0.336 e. The molecule has 0 aliphatic carbocycles. The lowest BCUT2D eigenvalue weighted by Gasteiger charge is -2.34. The van der Waals surface area contributed by atoms with Crippen LogP contribution in [0.15, 0.2) is 42.6 Å². The third-order valence-corrected chi connectivity index (χ3v) is 5.88. The number of methoxy groups -OCH3 is 1. The molecule has 1 aromatic carbocycles. The monoisotopic (exact) mass is 394 g/mol. The second-order valence-electron chi connectivity index (χ2n) is 7.41. The van der Waals surface area contributed by atoms with E-state index < -0.39 is 5.97 Å². The Morgan fingerprint density at radius 1 is 1.17 bits per heavy atom. The highest BCUT2D eigenvalue weighted by Crippen LogP contribution is 2.34. The van der Waals surface area contributed by atoms with Gasteiger partial charge in [-0.15, -0.1) is 0 Å². The number of hydrogen-bond donors (Lipinski definition) is 1. The summed E-state index contributed by atoms with van der Waals surface area (Å²) < 4.78 is 12.9. The highest BCUT2D eigenvalue weighted by atomic mass is 16.5. The van der Waals surface area contributed by atoms with Gasteiger partial charge in [0, 0.05) is 36.6 Å². The molecule has 0 amide bonds. The van der Waals surface area contributed by atoms with Crippen molar-refractivity contribution in [1.29, 1.82) is 0 Å². The molecule has 1 aliphatic heterocycles. The molecule has 1 aliphatic rings. The standard InChI is InChI=1S/C23H26N2O4/c1-15-20(23(26)27)14-21-19(17-4-6-18(28-3)7-5-17)8-9-25(21)22(15)16(2)24-10-12-29-13-11-24/h4-9,14,16H,10-13H2,1-3H3,(H,26,27). The van der Waals surface area contributed by atoms with Gasteiger partial charge < -0.3 is 19.0 Å². The first-order valence-corrected chi connectivity index (χ1v) is 9.85. The summed E-state index contributed by atoms with van der Waals surface area (Å²) in [7, 11) is 1.64. The number of carbonyl (C=O) groups is 1. The number of fused-ring (bicyclic) bond motifs is 1. The summed E-state index contributed by atoms with van der Waals surface area (Å²) in [5, 5.41) is 9.85. The van der Waals surface area contributed by atoms with E-state index in [9.17, 15) is 9.90 Å². The fourth-order valence-corrected chi connectivity index (χ4v) is 4.25. The van der Waals surface area contributed by atoms with Crippen molar-refractivity contribution in [2.45, 2.75) is 19.9 Å². The minimum absolute atomic E-state index is 0.0804. The van der Waals surface area contributed by atoms with E-state index in [1.807, 2.05) is 37.4 Å². The number of benzene rings is 1. The Labute approximate surface area is 170 Å². The van der Waals surface area contributed by atoms with Crippen LogP contribution in [0.5, 0.6) is 5.75 Å². The Balaban J connectivity index is 1.89. The average Bonchev–Trinajstić information content (AvgIpc) is 3.17. The fraction of sp³-hybridized carbons (Fsp3) is 0.348. The van der Waals surface area contributed by atoms with E-state index in [0.29, 0.717) is 18.8 Å². The van der Waals surface area contributed by atoms with Crippen LogP contribution in [0.25, 0.3) is 16.6 Å². The zero-order valence-electron chi connectivity index (χ0n) is 17.0. The number of hydrogen-bond acceptors (Lipinski definition) is 4. The fourth-order valence-electron chi connectivity index (χ4n) is 4.25. The van der Waals surface area contributed by atoms with Crippen molar-refractivity contribution in [2.24, 2.45) is 0 Å². The van der Waals surface area contributed by atoms with E-state index in [1.54, 1.807) is 13.2 Å². The van der Waals surface area contributed by atoms with Gasteiger partial charge in [0.1, 0.15) is 5.75 Å². The van der Waals surface area contributed by atoms with Crippen LogP contribution in [0.3, 0.4) is 0 Å². The normalized spacial score (nSPS) is 16.1. The van der Waals surface area contributed by atoms with Crippen LogP contribution in [0.4, 0.5) is 0 Å². The van der Waals surface area contributed by atoms with E-state index in [0.717, 1.165) is 46.7 Å². The number of rotatable bonds is 5.